The van der Waals surface area contributed by atoms with Gasteiger partial charge in [-0.15, -0.1) is 0 Å². The van der Waals surface area contributed by atoms with Crippen LogP contribution in [-0.2, 0) is 25.5 Å². The highest BCUT2D eigenvalue weighted by Gasteiger charge is 2.34. The molecule has 2 heterocycles. The fourth-order valence-corrected chi connectivity index (χ4v) is 3.97. The molecule has 0 spiro atoms. The first kappa shape index (κ1) is 20.3. The number of rotatable bonds is 6. The molecule has 0 aromatic heterocycles. The summed E-state index contributed by atoms with van der Waals surface area (Å²) in [6.45, 7) is 11.7. The molecule has 2 aliphatic heterocycles. The van der Waals surface area contributed by atoms with Crippen LogP contribution in [0, 0.1) is 5.92 Å². The van der Waals surface area contributed by atoms with E-state index < -0.39 is 0 Å². The number of hydrogen-bond donors (Lipinski definition) is 1. The first-order valence-corrected chi connectivity index (χ1v) is 9.93. The summed E-state index contributed by atoms with van der Waals surface area (Å²) < 4.78 is 16.8. The van der Waals surface area contributed by atoms with Crippen molar-refractivity contribution in [2.45, 2.75) is 58.8 Å². The number of ether oxygens (including phenoxy) is 3. The maximum absolute atomic E-state index is 12.9. The monoisotopic (exact) mass is 376 g/mol. The van der Waals surface area contributed by atoms with Crippen molar-refractivity contribution in [3.8, 4) is 0 Å². The topological polar surface area (TPSA) is 60.0 Å². The molecule has 1 amide bonds. The Morgan fingerprint density at radius 3 is 2.26 bits per heavy atom. The van der Waals surface area contributed by atoms with E-state index in [4.69, 9.17) is 14.2 Å². The van der Waals surface area contributed by atoms with Crippen LogP contribution in [0.25, 0.3) is 0 Å². The number of nitrogens with one attached hydrogen (secondary N) is 1. The average molecular weight is 376 g/mol. The zero-order chi connectivity index (χ0) is 19.4. The molecule has 2 fully saturated rings. The van der Waals surface area contributed by atoms with E-state index in [1.165, 1.54) is 0 Å². The van der Waals surface area contributed by atoms with Gasteiger partial charge < -0.3 is 19.5 Å². The third kappa shape index (κ3) is 5.29. The Labute approximate surface area is 162 Å². The average Bonchev–Trinajstić information content (AvgIpc) is 3.14. The summed E-state index contributed by atoms with van der Waals surface area (Å²) >= 11 is 0. The SMILES string of the molecule is CC1CN(C(C(=O)NCc2ccc(C3OCCO3)cc2)C(C)C)CC(C)O1. The smallest absolute Gasteiger partial charge is 0.237 e. The number of hydrogen-bond acceptors (Lipinski definition) is 5. The van der Waals surface area contributed by atoms with E-state index in [-0.39, 0.29) is 36.4 Å². The van der Waals surface area contributed by atoms with E-state index in [1.54, 1.807) is 0 Å². The largest absolute Gasteiger partial charge is 0.373 e. The zero-order valence-corrected chi connectivity index (χ0v) is 16.8. The van der Waals surface area contributed by atoms with Gasteiger partial charge in [0.05, 0.1) is 31.5 Å². The lowest BCUT2D eigenvalue weighted by atomic mass is 9.99. The molecule has 3 unspecified atom stereocenters. The summed E-state index contributed by atoms with van der Waals surface area (Å²) in [4.78, 5) is 15.2. The van der Waals surface area contributed by atoms with E-state index in [0.29, 0.717) is 19.8 Å². The fourth-order valence-electron chi connectivity index (χ4n) is 3.97. The predicted molar refractivity (Wildman–Crippen MR) is 103 cm³/mol. The molecule has 1 aromatic carbocycles. The third-order valence-electron chi connectivity index (χ3n) is 5.08. The van der Waals surface area contributed by atoms with Gasteiger partial charge in [-0.2, -0.15) is 0 Å². The summed E-state index contributed by atoms with van der Waals surface area (Å²) in [5.41, 5.74) is 2.08. The minimum absolute atomic E-state index is 0.0813. The molecule has 0 bridgehead atoms. The third-order valence-corrected chi connectivity index (χ3v) is 5.08. The molecule has 0 aliphatic carbocycles. The number of nitrogens with zero attached hydrogens (tertiary/aromatic N) is 1. The molecule has 6 nitrogen and oxygen atoms in total. The van der Waals surface area contributed by atoms with Crippen LogP contribution in [0.15, 0.2) is 24.3 Å². The first-order chi connectivity index (χ1) is 12.9. The minimum Gasteiger partial charge on any atom is -0.373 e. The molecule has 3 atom stereocenters. The second-order valence-corrected chi connectivity index (χ2v) is 7.93. The molecule has 2 saturated heterocycles. The van der Waals surface area contributed by atoms with Crippen molar-refractivity contribution in [2.75, 3.05) is 26.3 Å². The molecule has 1 aromatic rings. The van der Waals surface area contributed by atoms with Crippen molar-refractivity contribution < 1.29 is 19.0 Å². The second kappa shape index (κ2) is 9.15. The standard InChI is InChI=1S/C21H32N2O4/c1-14(2)19(23-12-15(3)27-16(4)13-23)20(24)22-11-17-5-7-18(8-6-17)21-25-9-10-26-21/h5-8,14-16,19,21H,9-13H2,1-4H3,(H,22,24). The lowest BCUT2D eigenvalue weighted by molar-refractivity contribution is -0.135. The maximum Gasteiger partial charge on any atom is 0.237 e. The van der Waals surface area contributed by atoms with Crippen LogP contribution < -0.4 is 5.32 Å². The van der Waals surface area contributed by atoms with Crippen molar-refractivity contribution in [1.29, 1.82) is 0 Å². The van der Waals surface area contributed by atoms with E-state index in [9.17, 15) is 4.79 Å². The van der Waals surface area contributed by atoms with Crippen molar-refractivity contribution in [3.05, 3.63) is 35.4 Å². The molecule has 0 radical (unpaired) electrons. The number of carbonyl (C=O) groups excluding carboxylic acids is 1. The molecular weight excluding hydrogens is 344 g/mol. The number of amides is 1. The lowest BCUT2D eigenvalue weighted by Gasteiger charge is -2.41. The van der Waals surface area contributed by atoms with Crippen molar-refractivity contribution in [3.63, 3.8) is 0 Å². The van der Waals surface area contributed by atoms with Crippen LogP contribution in [-0.4, -0.2) is 55.4 Å². The molecule has 150 valence electrons. The van der Waals surface area contributed by atoms with Crippen LogP contribution in [0.1, 0.15) is 45.1 Å². The van der Waals surface area contributed by atoms with Gasteiger partial charge in [-0.05, 0) is 25.3 Å². The molecule has 27 heavy (non-hydrogen) atoms. The Hall–Kier alpha value is -1.47. The highest BCUT2D eigenvalue weighted by molar-refractivity contribution is 5.82. The Morgan fingerprint density at radius 1 is 1.11 bits per heavy atom. The molecular formula is C21H32N2O4. The van der Waals surface area contributed by atoms with E-state index in [1.807, 2.05) is 24.3 Å². The molecule has 0 saturated carbocycles. The van der Waals surface area contributed by atoms with Gasteiger partial charge in [-0.3, -0.25) is 9.69 Å². The molecule has 3 rings (SSSR count). The Bertz CT molecular complexity index is 603. The van der Waals surface area contributed by atoms with Crippen molar-refractivity contribution in [2.24, 2.45) is 5.92 Å². The molecule has 6 heteroatoms. The van der Waals surface area contributed by atoms with Gasteiger partial charge in [0.25, 0.3) is 0 Å². The Morgan fingerprint density at radius 2 is 1.70 bits per heavy atom. The molecule has 1 N–H and O–H groups in total. The summed E-state index contributed by atoms with van der Waals surface area (Å²) in [6, 6.07) is 7.90. The highest BCUT2D eigenvalue weighted by atomic mass is 16.7. The Kier molecular flexibility index (Phi) is 6.87. The van der Waals surface area contributed by atoms with Gasteiger partial charge in [-0.25, -0.2) is 0 Å². The second-order valence-electron chi connectivity index (χ2n) is 7.93. The van der Waals surface area contributed by atoms with Gasteiger partial charge >= 0.3 is 0 Å². The quantitative estimate of drug-likeness (QED) is 0.827. The minimum atomic E-state index is -0.260. The van der Waals surface area contributed by atoms with Gasteiger partial charge in [0, 0.05) is 25.2 Å². The molecule has 2 aliphatic rings. The Balaban J connectivity index is 1.57. The lowest BCUT2D eigenvalue weighted by Crippen LogP contribution is -2.56. The van der Waals surface area contributed by atoms with Crippen molar-refractivity contribution >= 4 is 5.91 Å². The van der Waals surface area contributed by atoms with E-state index in [0.717, 1.165) is 24.2 Å². The number of morpholine rings is 1. The van der Waals surface area contributed by atoms with Gasteiger partial charge in [-0.1, -0.05) is 38.1 Å². The van der Waals surface area contributed by atoms with Crippen LogP contribution >= 0.6 is 0 Å². The zero-order valence-electron chi connectivity index (χ0n) is 16.8. The highest BCUT2D eigenvalue weighted by Crippen LogP contribution is 2.23. The number of carbonyl (C=O) groups is 1. The summed E-state index contributed by atoms with van der Waals surface area (Å²) in [6.07, 6.45) is 0.0370. The van der Waals surface area contributed by atoms with E-state index in [2.05, 4.69) is 37.9 Å². The van der Waals surface area contributed by atoms with Crippen LogP contribution in [0.2, 0.25) is 0 Å². The number of benzene rings is 1. The normalized spacial score (nSPS) is 25.7. The van der Waals surface area contributed by atoms with Crippen LogP contribution in [0.5, 0.6) is 0 Å². The summed E-state index contributed by atoms with van der Waals surface area (Å²) in [5.74, 6) is 0.319. The van der Waals surface area contributed by atoms with Crippen LogP contribution in [0.4, 0.5) is 0 Å². The summed E-state index contributed by atoms with van der Waals surface area (Å²) in [5, 5.41) is 3.11. The fraction of sp³-hybridized carbons (Fsp3) is 0.667. The first-order valence-electron chi connectivity index (χ1n) is 9.93. The van der Waals surface area contributed by atoms with Crippen molar-refractivity contribution in [1.82, 2.24) is 10.2 Å². The predicted octanol–water partition coefficient (Wildman–Crippen LogP) is 2.48. The van der Waals surface area contributed by atoms with E-state index >= 15 is 0 Å². The van der Waals surface area contributed by atoms with Gasteiger partial charge in [0.15, 0.2) is 6.29 Å². The van der Waals surface area contributed by atoms with Crippen LogP contribution in [0.3, 0.4) is 0 Å². The van der Waals surface area contributed by atoms with Gasteiger partial charge in [0.1, 0.15) is 0 Å². The maximum atomic E-state index is 12.9. The summed E-state index contributed by atoms with van der Waals surface area (Å²) in [7, 11) is 0. The van der Waals surface area contributed by atoms with Gasteiger partial charge in [0.2, 0.25) is 5.91 Å².